The fourth-order valence-corrected chi connectivity index (χ4v) is 3.20. The number of carbonyl (C=O) groups excluding carboxylic acids is 1. The lowest BCUT2D eigenvalue weighted by molar-refractivity contribution is -0.120. The largest absolute Gasteiger partial charge is 0.326 e. The zero-order valence-corrected chi connectivity index (χ0v) is 11.1. The SMILES string of the molecule is O=C(Nc1ccc(-n2nccn2)cc1)C1CC2CC2C1. The summed E-state index contributed by atoms with van der Waals surface area (Å²) in [4.78, 5) is 13.7. The van der Waals surface area contributed by atoms with E-state index in [-0.39, 0.29) is 11.8 Å². The standard InChI is InChI=1S/C15H16N4O/c20-15(12-8-10-7-11(10)9-12)18-13-1-3-14(4-2-13)19-16-5-6-17-19/h1-6,10-12H,7-9H2,(H,18,20). The number of nitrogens with zero attached hydrogens (tertiary/aromatic N) is 3. The number of benzene rings is 1. The van der Waals surface area contributed by atoms with Gasteiger partial charge < -0.3 is 5.32 Å². The van der Waals surface area contributed by atoms with E-state index in [1.54, 1.807) is 17.2 Å². The van der Waals surface area contributed by atoms with Crippen LogP contribution in [0.4, 0.5) is 5.69 Å². The van der Waals surface area contributed by atoms with Crippen molar-refractivity contribution in [3.8, 4) is 5.69 Å². The number of rotatable bonds is 3. The van der Waals surface area contributed by atoms with Crippen LogP contribution in [-0.2, 0) is 4.79 Å². The lowest BCUT2D eigenvalue weighted by Crippen LogP contribution is -2.21. The summed E-state index contributed by atoms with van der Waals surface area (Å²) in [5.41, 5.74) is 1.72. The Morgan fingerprint density at radius 2 is 1.70 bits per heavy atom. The van der Waals surface area contributed by atoms with Crippen LogP contribution in [-0.4, -0.2) is 20.9 Å². The third-order valence-corrected chi connectivity index (χ3v) is 4.40. The summed E-state index contributed by atoms with van der Waals surface area (Å²) in [6.07, 6.45) is 6.77. The van der Waals surface area contributed by atoms with Crippen molar-refractivity contribution in [3.63, 3.8) is 0 Å². The highest BCUT2D eigenvalue weighted by Crippen LogP contribution is 2.54. The second-order valence-electron chi connectivity index (χ2n) is 5.78. The van der Waals surface area contributed by atoms with Gasteiger partial charge in [-0.1, -0.05) is 0 Å². The fourth-order valence-electron chi connectivity index (χ4n) is 3.20. The van der Waals surface area contributed by atoms with Crippen molar-refractivity contribution in [2.75, 3.05) is 5.32 Å². The first-order valence-electron chi connectivity index (χ1n) is 7.07. The fraction of sp³-hybridized carbons (Fsp3) is 0.400. The molecule has 2 aliphatic carbocycles. The van der Waals surface area contributed by atoms with Gasteiger partial charge in [-0.2, -0.15) is 15.0 Å². The molecular formula is C15H16N4O. The van der Waals surface area contributed by atoms with Gasteiger partial charge in [-0.3, -0.25) is 4.79 Å². The van der Waals surface area contributed by atoms with Crippen LogP contribution in [0.5, 0.6) is 0 Å². The van der Waals surface area contributed by atoms with E-state index < -0.39 is 0 Å². The van der Waals surface area contributed by atoms with Crippen LogP contribution in [0, 0.1) is 17.8 Å². The Morgan fingerprint density at radius 3 is 2.35 bits per heavy atom. The molecular weight excluding hydrogens is 252 g/mol. The quantitative estimate of drug-likeness (QED) is 0.928. The normalized spacial score (nSPS) is 27.1. The number of carbonyl (C=O) groups is 1. The zero-order valence-electron chi connectivity index (χ0n) is 11.1. The van der Waals surface area contributed by atoms with Crippen LogP contribution in [0.15, 0.2) is 36.7 Å². The summed E-state index contributed by atoms with van der Waals surface area (Å²) in [6, 6.07) is 7.60. The highest BCUT2D eigenvalue weighted by atomic mass is 16.1. The minimum Gasteiger partial charge on any atom is -0.326 e. The van der Waals surface area contributed by atoms with Gasteiger partial charge in [0.15, 0.2) is 0 Å². The predicted molar refractivity (Wildman–Crippen MR) is 74.3 cm³/mol. The van der Waals surface area contributed by atoms with Crippen LogP contribution >= 0.6 is 0 Å². The smallest absolute Gasteiger partial charge is 0.227 e. The lowest BCUT2D eigenvalue weighted by atomic mass is 10.0. The maximum atomic E-state index is 12.2. The molecule has 0 bridgehead atoms. The molecule has 5 nitrogen and oxygen atoms in total. The van der Waals surface area contributed by atoms with Crippen molar-refractivity contribution >= 4 is 11.6 Å². The van der Waals surface area contributed by atoms with Crippen LogP contribution in [0.2, 0.25) is 0 Å². The molecule has 0 spiro atoms. The number of hydrogen-bond acceptors (Lipinski definition) is 3. The molecule has 2 fully saturated rings. The van der Waals surface area contributed by atoms with Crippen LogP contribution in [0.1, 0.15) is 19.3 Å². The lowest BCUT2D eigenvalue weighted by Gasteiger charge is -2.12. The van der Waals surface area contributed by atoms with Crippen molar-refractivity contribution in [3.05, 3.63) is 36.7 Å². The monoisotopic (exact) mass is 268 g/mol. The molecule has 2 aromatic rings. The third-order valence-electron chi connectivity index (χ3n) is 4.40. The third kappa shape index (κ3) is 2.09. The van der Waals surface area contributed by atoms with Crippen molar-refractivity contribution in [2.24, 2.45) is 17.8 Å². The first kappa shape index (κ1) is 11.6. The summed E-state index contributed by atoms with van der Waals surface area (Å²) in [5, 5.41) is 11.2. The average Bonchev–Trinajstić information content (AvgIpc) is 2.92. The van der Waals surface area contributed by atoms with Gasteiger partial charge in [-0.15, -0.1) is 0 Å². The van der Waals surface area contributed by atoms with E-state index in [1.807, 2.05) is 24.3 Å². The predicted octanol–water partition coefficient (Wildman–Crippen LogP) is 2.25. The van der Waals surface area contributed by atoms with E-state index in [1.165, 1.54) is 6.42 Å². The van der Waals surface area contributed by atoms with Gasteiger partial charge in [0.05, 0.1) is 18.1 Å². The molecule has 1 aromatic heterocycles. The molecule has 0 radical (unpaired) electrons. The van der Waals surface area contributed by atoms with E-state index >= 15 is 0 Å². The van der Waals surface area contributed by atoms with Gasteiger partial charge in [-0.05, 0) is 55.4 Å². The van der Waals surface area contributed by atoms with Gasteiger partial charge in [0, 0.05) is 11.6 Å². The molecule has 2 aliphatic rings. The second-order valence-corrected chi connectivity index (χ2v) is 5.78. The number of hydrogen-bond donors (Lipinski definition) is 1. The highest BCUT2D eigenvalue weighted by molar-refractivity contribution is 5.92. The molecule has 1 amide bonds. The van der Waals surface area contributed by atoms with Gasteiger partial charge in [0.2, 0.25) is 5.91 Å². The summed E-state index contributed by atoms with van der Waals surface area (Å²) in [6.45, 7) is 0. The van der Waals surface area contributed by atoms with E-state index in [0.29, 0.717) is 0 Å². The summed E-state index contributed by atoms with van der Waals surface area (Å²) in [7, 11) is 0. The van der Waals surface area contributed by atoms with Crippen molar-refractivity contribution in [1.82, 2.24) is 15.0 Å². The van der Waals surface area contributed by atoms with Crippen LogP contribution < -0.4 is 5.32 Å². The Morgan fingerprint density at radius 1 is 1.05 bits per heavy atom. The zero-order chi connectivity index (χ0) is 13.5. The molecule has 2 unspecified atom stereocenters. The van der Waals surface area contributed by atoms with E-state index in [4.69, 9.17) is 0 Å². The maximum Gasteiger partial charge on any atom is 0.227 e. The van der Waals surface area contributed by atoms with E-state index in [9.17, 15) is 4.79 Å². The topological polar surface area (TPSA) is 59.8 Å². The molecule has 20 heavy (non-hydrogen) atoms. The summed E-state index contributed by atoms with van der Waals surface area (Å²) in [5.74, 6) is 2.05. The number of fused-ring (bicyclic) bond motifs is 1. The molecule has 1 aromatic carbocycles. The van der Waals surface area contributed by atoms with Gasteiger partial charge in [0.25, 0.3) is 0 Å². The Kier molecular flexibility index (Phi) is 2.58. The Balaban J connectivity index is 1.42. The number of anilines is 1. The summed E-state index contributed by atoms with van der Waals surface area (Å²) >= 11 is 0. The number of aromatic nitrogens is 3. The van der Waals surface area contributed by atoms with Gasteiger partial charge >= 0.3 is 0 Å². The Labute approximate surface area is 117 Å². The average molecular weight is 268 g/mol. The van der Waals surface area contributed by atoms with Gasteiger partial charge in [-0.25, -0.2) is 0 Å². The number of nitrogens with one attached hydrogen (secondary N) is 1. The van der Waals surface area contributed by atoms with Crippen molar-refractivity contribution in [2.45, 2.75) is 19.3 Å². The molecule has 4 rings (SSSR count). The molecule has 2 atom stereocenters. The summed E-state index contributed by atoms with van der Waals surface area (Å²) < 4.78 is 0. The molecule has 1 heterocycles. The molecule has 5 heteroatoms. The first-order valence-corrected chi connectivity index (χ1v) is 7.07. The Bertz CT molecular complexity index is 610. The van der Waals surface area contributed by atoms with Crippen LogP contribution in [0.25, 0.3) is 5.69 Å². The molecule has 0 aliphatic heterocycles. The first-order chi connectivity index (χ1) is 9.79. The molecule has 2 saturated carbocycles. The molecule has 1 N–H and O–H groups in total. The minimum absolute atomic E-state index is 0.169. The Hall–Kier alpha value is -2.17. The van der Waals surface area contributed by atoms with Crippen molar-refractivity contribution in [1.29, 1.82) is 0 Å². The van der Waals surface area contributed by atoms with Crippen molar-refractivity contribution < 1.29 is 4.79 Å². The molecule has 0 saturated heterocycles. The second kappa shape index (κ2) is 4.44. The highest BCUT2D eigenvalue weighted by Gasteiger charge is 2.47. The minimum atomic E-state index is 0.169. The van der Waals surface area contributed by atoms with Gasteiger partial charge in [0.1, 0.15) is 0 Å². The van der Waals surface area contributed by atoms with Crippen LogP contribution in [0.3, 0.4) is 0 Å². The number of amides is 1. The maximum absolute atomic E-state index is 12.2. The van der Waals surface area contributed by atoms with E-state index in [0.717, 1.165) is 36.1 Å². The van der Waals surface area contributed by atoms with E-state index in [2.05, 4.69) is 15.5 Å². The molecule has 102 valence electrons.